The Hall–Kier alpha value is -2.17. The quantitative estimate of drug-likeness (QED) is 0.640. The van der Waals surface area contributed by atoms with Crippen molar-refractivity contribution >= 4 is 27.7 Å². The molecule has 0 spiro atoms. The highest BCUT2D eigenvalue weighted by atomic mass is 32.2. The van der Waals surface area contributed by atoms with Crippen LogP contribution in [0.5, 0.6) is 0 Å². The van der Waals surface area contributed by atoms with Crippen molar-refractivity contribution < 1.29 is 12.7 Å². The van der Waals surface area contributed by atoms with Crippen molar-refractivity contribution in [2.45, 2.75) is 4.90 Å². The third-order valence-corrected chi connectivity index (χ3v) is 4.10. The molecule has 0 aliphatic carbocycles. The van der Waals surface area contributed by atoms with Crippen molar-refractivity contribution in [2.75, 3.05) is 0 Å². The van der Waals surface area contributed by atoms with Crippen molar-refractivity contribution in [3.63, 3.8) is 0 Å². The summed E-state index contributed by atoms with van der Waals surface area (Å²) >= 11 is 1.27. The highest BCUT2D eigenvalue weighted by Gasteiger charge is 2.14. The fraction of sp³-hybridized carbons (Fsp3) is 0. The Kier molecular flexibility index (Phi) is 3.94. The minimum atomic E-state index is -3.89. The Labute approximate surface area is 114 Å². The van der Waals surface area contributed by atoms with Crippen molar-refractivity contribution in [1.82, 2.24) is 0 Å². The molecule has 1 aromatic heterocycles. The molecule has 0 saturated heterocycles. The molecule has 0 atom stereocenters. The molecular formula is C12H8N2O3S2. The van der Waals surface area contributed by atoms with E-state index in [1.165, 1.54) is 29.7 Å². The molecule has 1 aromatic carbocycles. The smallest absolute Gasteiger partial charge is 0.265 e. The van der Waals surface area contributed by atoms with Crippen LogP contribution in [0.1, 0.15) is 10.4 Å². The van der Waals surface area contributed by atoms with Crippen LogP contribution in [0.3, 0.4) is 0 Å². The highest BCUT2D eigenvalue weighted by molar-refractivity contribution is 7.86. The van der Waals surface area contributed by atoms with E-state index in [-0.39, 0.29) is 4.90 Å². The molecule has 7 heteroatoms. The molecule has 5 nitrogen and oxygen atoms in total. The zero-order valence-corrected chi connectivity index (χ0v) is 11.2. The molecule has 2 aromatic rings. The second-order valence-corrected chi connectivity index (χ2v) is 5.90. The van der Waals surface area contributed by atoms with Gasteiger partial charge in [0, 0.05) is 5.38 Å². The van der Waals surface area contributed by atoms with Crippen LogP contribution in [0.4, 0.5) is 0 Å². The zero-order chi connectivity index (χ0) is 13.7. The van der Waals surface area contributed by atoms with E-state index in [0.29, 0.717) is 10.4 Å². The van der Waals surface area contributed by atoms with Gasteiger partial charge in [-0.3, -0.25) is 4.28 Å². The van der Waals surface area contributed by atoms with Crippen LogP contribution in [0.25, 0.3) is 0 Å². The lowest BCUT2D eigenvalue weighted by Gasteiger charge is -1.99. The number of thiophene rings is 1. The summed E-state index contributed by atoms with van der Waals surface area (Å²) in [5, 5.41) is 13.7. The summed E-state index contributed by atoms with van der Waals surface area (Å²) in [6.07, 6.45) is 1.26. The van der Waals surface area contributed by atoms with Gasteiger partial charge in [0.25, 0.3) is 0 Å². The van der Waals surface area contributed by atoms with Gasteiger partial charge in [-0.05, 0) is 18.2 Å². The number of nitrogens with zero attached hydrogens (tertiary/aromatic N) is 2. The average molecular weight is 292 g/mol. The number of hydrogen-bond acceptors (Lipinski definition) is 6. The maximum absolute atomic E-state index is 11.7. The minimum Gasteiger partial charge on any atom is -0.265 e. The van der Waals surface area contributed by atoms with Gasteiger partial charge in [0.15, 0.2) is 0 Å². The van der Waals surface area contributed by atoms with Crippen molar-refractivity contribution in [3.05, 3.63) is 52.2 Å². The van der Waals surface area contributed by atoms with Gasteiger partial charge in [0.1, 0.15) is 11.0 Å². The van der Waals surface area contributed by atoms with E-state index in [1.54, 1.807) is 29.6 Å². The third-order valence-electron chi connectivity index (χ3n) is 2.10. The molecule has 1 heterocycles. The van der Waals surface area contributed by atoms with E-state index in [1.807, 2.05) is 6.07 Å². The van der Waals surface area contributed by atoms with Crippen molar-refractivity contribution in [1.29, 1.82) is 5.26 Å². The Balaban J connectivity index is 2.08. The second kappa shape index (κ2) is 5.65. The predicted molar refractivity (Wildman–Crippen MR) is 71.3 cm³/mol. The summed E-state index contributed by atoms with van der Waals surface area (Å²) in [6, 6.07) is 11.3. The molecule has 0 N–H and O–H groups in total. The average Bonchev–Trinajstić information content (AvgIpc) is 2.87. The number of oxime groups is 1. The molecule has 0 aliphatic heterocycles. The Bertz CT molecular complexity index is 728. The van der Waals surface area contributed by atoms with Gasteiger partial charge in [0.2, 0.25) is 0 Å². The molecule has 0 radical (unpaired) electrons. The molecule has 19 heavy (non-hydrogen) atoms. The summed E-state index contributed by atoms with van der Waals surface area (Å²) < 4.78 is 27.9. The fourth-order valence-electron chi connectivity index (χ4n) is 1.24. The Morgan fingerprint density at radius 2 is 2.05 bits per heavy atom. The van der Waals surface area contributed by atoms with Gasteiger partial charge in [-0.2, -0.15) is 13.7 Å². The van der Waals surface area contributed by atoms with Crippen LogP contribution in [-0.2, 0) is 14.4 Å². The lowest BCUT2D eigenvalue weighted by Crippen LogP contribution is -2.02. The summed E-state index contributed by atoms with van der Waals surface area (Å²) in [5.74, 6) is 0. The van der Waals surface area contributed by atoms with Gasteiger partial charge < -0.3 is 0 Å². The zero-order valence-electron chi connectivity index (χ0n) is 9.55. The van der Waals surface area contributed by atoms with E-state index < -0.39 is 10.1 Å². The van der Waals surface area contributed by atoms with Crippen molar-refractivity contribution in [2.24, 2.45) is 5.16 Å². The monoisotopic (exact) mass is 292 g/mol. The van der Waals surface area contributed by atoms with Gasteiger partial charge in [0.05, 0.1) is 16.7 Å². The van der Waals surface area contributed by atoms with Crippen LogP contribution in [-0.4, -0.2) is 14.6 Å². The lowest BCUT2D eigenvalue weighted by atomic mass is 10.3. The second-order valence-electron chi connectivity index (χ2n) is 3.43. The fourth-order valence-corrected chi connectivity index (χ4v) is 2.66. The SMILES string of the molecule is N#Cc1csc(/C=N/OS(=O)(=O)c2ccccc2)c1. The van der Waals surface area contributed by atoms with Crippen LogP contribution in [0.15, 0.2) is 51.8 Å². The summed E-state index contributed by atoms with van der Waals surface area (Å²) in [6.45, 7) is 0. The maximum atomic E-state index is 11.7. The normalized spacial score (nSPS) is 11.3. The van der Waals surface area contributed by atoms with Gasteiger partial charge >= 0.3 is 10.1 Å². The standard InChI is InChI=1S/C12H8N2O3S2/c13-7-10-6-11(18-9-10)8-14-17-19(15,16)12-4-2-1-3-5-12/h1-6,8-9H/b14-8+. The molecule has 0 unspecified atom stereocenters. The molecule has 0 bridgehead atoms. The van der Waals surface area contributed by atoms with Crippen LogP contribution >= 0.6 is 11.3 Å². The summed E-state index contributed by atoms with van der Waals surface area (Å²) in [7, 11) is -3.89. The third kappa shape index (κ3) is 3.40. The number of rotatable bonds is 4. The molecule has 96 valence electrons. The first kappa shape index (κ1) is 13.3. The molecule has 0 amide bonds. The van der Waals surface area contributed by atoms with Gasteiger partial charge in [-0.1, -0.05) is 23.4 Å². The largest absolute Gasteiger partial charge is 0.358 e. The van der Waals surface area contributed by atoms with Crippen LogP contribution in [0, 0.1) is 11.3 Å². The summed E-state index contributed by atoms with van der Waals surface area (Å²) in [5.41, 5.74) is 0.498. The Morgan fingerprint density at radius 1 is 1.32 bits per heavy atom. The van der Waals surface area contributed by atoms with E-state index >= 15 is 0 Å². The van der Waals surface area contributed by atoms with Crippen LogP contribution in [0.2, 0.25) is 0 Å². The Morgan fingerprint density at radius 3 is 2.68 bits per heavy atom. The van der Waals surface area contributed by atoms with Gasteiger partial charge in [-0.15, -0.1) is 11.3 Å². The number of benzene rings is 1. The first-order valence-electron chi connectivity index (χ1n) is 5.12. The molecule has 2 rings (SSSR count). The number of hydrogen-bond donors (Lipinski definition) is 0. The van der Waals surface area contributed by atoms with Crippen LogP contribution < -0.4 is 0 Å². The lowest BCUT2D eigenvalue weighted by molar-refractivity contribution is 0.341. The first-order chi connectivity index (χ1) is 9.12. The summed E-state index contributed by atoms with van der Waals surface area (Å²) in [4.78, 5) is 0.677. The molecule has 0 fully saturated rings. The molecule has 0 saturated carbocycles. The topological polar surface area (TPSA) is 79.5 Å². The molecular weight excluding hydrogens is 284 g/mol. The van der Waals surface area contributed by atoms with E-state index in [0.717, 1.165) is 0 Å². The first-order valence-corrected chi connectivity index (χ1v) is 7.41. The minimum absolute atomic E-state index is 0.0380. The van der Waals surface area contributed by atoms with E-state index in [9.17, 15) is 8.42 Å². The number of nitriles is 1. The van der Waals surface area contributed by atoms with Gasteiger partial charge in [-0.25, -0.2) is 0 Å². The van der Waals surface area contributed by atoms with E-state index in [2.05, 4.69) is 9.44 Å². The molecule has 0 aliphatic rings. The predicted octanol–water partition coefficient (Wildman–Crippen LogP) is 2.36. The highest BCUT2D eigenvalue weighted by Crippen LogP contribution is 2.13. The maximum Gasteiger partial charge on any atom is 0.358 e. The van der Waals surface area contributed by atoms with Crippen molar-refractivity contribution in [3.8, 4) is 6.07 Å². The van der Waals surface area contributed by atoms with E-state index in [4.69, 9.17) is 5.26 Å².